The lowest BCUT2D eigenvalue weighted by atomic mass is 10.1. The summed E-state index contributed by atoms with van der Waals surface area (Å²) in [6, 6.07) is 4.60. The van der Waals surface area contributed by atoms with Crippen LogP contribution in [0.1, 0.15) is 43.5 Å². The van der Waals surface area contributed by atoms with E-state index in [4.69, 9.17) is 4.74 Å². The maximum Gasteiger partial charge on any atom is 0.318 e. The average Bonchev–Trinajstić information content (AvgIpc) is 3.19. The highest BCUT2D eigenvalue weighted by atomic mass is 32.1. The number of nitrogens with zero attached hydrogens (tertiary/aromatic N) is 1. The quantitative estimate of drug-likeness (QED) is 0.930. The summed E-state index contributed by atoms with van der Waals surface area (Å²) in [7, 11) is 0. The van der Waals surface area contributed by atoms with Gasteiger partial charge in [-0.25, -0.2) is 4.79 Å². The summed E-state index contributed by atoms with van der Waals surface area (Å²) >= 11 is 1.74. The van der Waals surface area contributed by atoms with Crippen LogP contribution in [0.4, 0.5) is 4.79 Å². The second kappa shape index (κ2) is 6.14. The molecule has 0 aromatic carbocycles. The third-order valence-electron chi connectivity index (χ3n) is 4.26. The normalized spacial score (nSPS) is 27.8. The van der Waals surface area contributed by atoms with E-state index in [9.17, 15) is 4.79 Å². The van der Waals surface area contributed by atoms with Crippen molar-refractivity contribution in [3.8, 4) is 0 Å². The SMILES string of the molecule is C[C@H](NC(=O)N1CCC[C@@H]1c1cccs1)[C@H]1CCCO1. The van der Waals surface area contributed by atoms with Gasteiger partial charge in [-0.15, -0.1) is 11.3 Å². The zero-order valence-corrected chi connectivity index (χ0v) is 12.7. The number of carbonyl (C=O) groups is 1. The molecule has 0 aliphatic carbocycles. The molecule has 2 amide bonds. The molecular weight excluding hydrogens is 272 g/mol. The van der Waals surface area contributed by atoms with Crippen LogP contribution < -0.4 is 5.32 Å². The molecule has 0 bridgehead atoms. The van der Waals surface area contributed by atoms with E-state index in [1.807, 2.05) is 11.8 Å². The molecular formula is C15H22N2O2S. The maximum atomic E-state index is 12.5. The summed E-state index contributed by atoms with van der Waals surface area (Å²) in [6.45, 7) is 3.73. The lowest BCUT2D eigenvalue weighted by molar-refractivity contribution is 0.0829. The Morgan fingerprint density at radius 1 is 1.50 bits per heavy atom. The summed E-state index contributed by atoms with van der Waals surface area (Å²) in [5.74, 6) is 0. The van der Waals surface area contributed by atoms with Crippen LogP contribution in [0.25, 0.3) is 0 Å². The van der Waals surface area contributed by atoms with Gasteiger partial charge in [0.05, 0.1) is 18.2 Å². The van der Waals surface area contributed by atoms with Crippen LogP contribution in [0.15, 0.2) is 17.5 Å². The van der Waals surface area contributed by atoms with Crippen LogP contribution in [0.2, 0.25) is 0 Å². The largest absolute Gasteiger partial charge is 0.376 e. The Labute approximate surface area is 124 Å². The molecule has 0 saturated carbocycles. The fraction of sp³-hybridized carbons (Fsp3) is 0.667. The molecule has 20 heavy (non-hydrogen) atoms. The van der Waals surface area contributed by atoms with Gasteiger partial charge in [0.15, 0.2) is 0 Å². The van der Waals surface area contributed by atoms with Gasteiger partial charge in [-0.3, -0.25) is 0 Å². The highest BCUT2D eigenvalue weighted by molar-refractivity contribution is 7.10. The van der Waals surface area contributed by atoms with Gasteiger partial charge in [0.2, 0.25) is 0 Å². The molecule has 2 saturated heterocycles. The number of thiophene rings is 1. The smallest absolute Gasteiger partial charge is 0.318 e. The number of amides is 2. The molecule has 0 radical (unpaired) electrons. The second-order valence-corrected chi connectivity index (χ2v) is 6.64. The fourth-order valence-corrected chi connectivity index (χ4v) is 4.03. The molecule has 3 rings (SSSR count). The topological polar surface area (TPSA) is 41.6 Å². The number of hydrogen-bond acceptors (Lipinski definition) is 3. The van der Waals surface area contributed by atoms with E-state index in [2.05, 4.69) is 22.8 Å². The van der Waals surface area contributed by atoms with E-state index in [-0.39, 0.29) is 24.2 Å². The molecule has 2 fully saturated rings. The fourth-order valence-electron chi connectivity index (χ4n) is 3.15. The summed E-state index contributed by atoms with van der Waals surface area (Å²) in [6.07, 6.45) is 4.50. The zero-order valence-electron chi connectivity index (χ0n) is 11.9. The van der Waals surface area contributed by atoms with Crippen LogP contribution in [0.3, 0.4) is 0 Å². The van der Waals surface area contributed by atoms with E-state index < -0.39 is 0 Å². The van der Waals surface area contributed by atoms with Crippen LogP contribution in [-0.2, 0) is 4.74 Å². The molecule has 2 aliphatic rings. The van der Waals surface area contributed by atoms with E-state index in [1.165, 1.54) is 4.88 Å². The van der Waals surface area contributed by atoms with E-state index in [1.54, 1.807) is 11.3 Å². The van der Waals surface area contributed by atoms with Crippen molar-refractivity contribution < 1.29 is 9.53 Å². The number of likely N-dealkylation sites (tertiary alicyclic amines) is 1. The lowest BCUT2D eigenvalue weighted by Crippen LogP contribution is -2.47. The maximum absolute atomic E-state index is 12.5. The van der Waals surface area contributed by atoms with E-state index >= 15 is 0 Å². The van der Waals surface area contributed by atoms with Gasteiger partial charge in [-0.05, 0) is 44.1 Å². The summed E-state index contributed by atoms with van der Waals surface area (Å²) in [5.41, 5.74) is 0. The third-order valence-corrected chi connectivity index (χ3v) is 5.23. The van der Waals surface area contributed by atoms with Crippen molar-refractivity contribution in [2.45, 2.75) is 50.8 Å². The van der Waals surface area contributed by atoms with Crippen LogP contribution in [-0.4, -0.2) is 36.2 Å². The number of urea groups is 1. The van der Waals surface area contributed by atoms with Crippen molar-refractivity contribution >= 4 is 17.4 Å². The first-order valence-corrected chi connectivity index (χ1v) is 8.36. The van der Waals surface area contributed by atoms with Crippen LogP contribution >= 0.6 is 11.3 Å². The minimum absolute atomic E-state index is 0.0592. The molecule has 1 N–H and O–H groups in total. The minimum atomic E-state index is 0.0592. The van der Waals surface area contributed by atoms with Crippen LogP contribution in [0.5, 0.6) is 0 Å². The van der Waals surface area contributed by atoms with Gasteiger partial charge in [-0.2, -0.15) is 0 Å². The van der Waals surface area contributed by atoms with Gasteiger partial charge >= 0.3 is 6.03 Å². The summed E-state index contributed by atoms with van der Waals surface area (Å²) in [4.78, 5) is 15.8. The Morgan fingerprint density at radius 3 is 3.10 bits per heavy atom. The minimum Gasteiger partial charge on any atom is -0.376 e. The number of ether oxygens (including phenoxy) is 1. The molecule has 4 nitrogen and oxygen atoms in total. The van der Waals surface area contributed by atoms with Crippen molar-refractivity contribution in [3.63, 3.8) is 0 Å². The van der Waals surface area contributed by atoms with Crippen molar-refractivity contribution in [1.82, 2.24) is 10.2 Å². The lowest BCUT2D eigenvalue weighted by Gasteiger charge is -2.28. The van der Waals surface area contributed by atoms with Gasteiger partial charge in [0.25, 0.3) is 0 Å². The molecule has 110 valence electrons. The average molecular weight is 294 g/mol. The molecule has 1 aromatic rings. The summed E-state index contributed by atoms with van der Waals surface area (Å²) < 4.78 is 5.65. The Kier molecular flexibility index (Phi) is 4.27. The highest BCUT2D eigenvalue weighted by Crippen LogP contribution is 2.34. The molecule has 5 heteroatoms. The highest BCUT2D eigenvalue weighted by Gasteiger charge is 2.32. The van der Waals surface area contributed by atoms with Gasteiger partial charge in [-0.1, -0.05) is 6.07 Å². The number of nitrogens with one attached hydrogen (secondary N) is 1. The first kappa shape index (κ1) is 13.9. The molecule has 0 unspecified atom stereocenters. The molecule has 1 aromatic heterocycles. The molecule has 2 aliphatic heterocycles. The standard InChI is InChI=1S/C15H22N2O2S/c1-11(13-6-3-9-19-13)16-15(18)17-8-2-5-12(17)14-7-4-10-20-14/h4,7,10-13H,2-3,5-6,8-9H2,1H3,(H,16,18)/t11-,12+,13+/m0/s1. The number of rotatable bonds is 3. The Balaban J connectivity index is 1.61. The Morgan fingerprint density at radius 2 is 2.40 bits per heavy atom. The third kappa shape index (κ3) is 2.83. The van der Waals surface area contributed by atoms with Crippen LogP contribution in [0, 0.1) is 0 Å². The molecule has 3 heterocycles. The Hall–Kier alpha value is -1.07. The summed E-state index contributed by atoms with van der Waals surface area (Å²) in [5, 5.41) is 5.20. The molecule has 0 spiro atoms. The van der Waals surface area contributed by atoms with Crippen molar-refractivity contribution in [3.05, 3.63) is 22.4 Å². The predicted octanol–water partition coefficient (Wildman–Crippen LogP) is 3.16. The monoisotopic (exact) mass is 294 g/mol. The van der Waals surface area contributed by atoms with Gasteiger partial charge < -0.3 is 15.0 Å². The predicted molar refractivity (Wildman–Crippen MR) is 80.0 cm³/mol. The first-order valence-electron chi connectivity index (χ1n) is 7.48. The zero-order chi connectivity index (χ0) is 13.9. The van der Waals surface area contributed by atoms with E-state index in [0.717, 1.165) is 38.8 Å². The van der Waals surface area contributed by atoms with Gasteiger partial charge in [0, 0.05) is 18.0 Å². The number of carbonyl (C=O) groups excluding carboxylic acids is 1. The second-order valence-electron chi connectivity index (χ2n) is 5.66. The van der Waals surface area contributed by atoms with Crippen molar-refractivity contribution in [2.24, 2.45) is 0 Å². The van der Waals surface area contributed by atoms with E-state index in [0.29, 0.717) is 0 Å². The van der Waals surface area contributed by atoms with Gasteiger partial charge in [0.1, 0.15) is 0 Å². The Bertz CT molecular complexity index is 443. The first-order chi connectivity index (χ1) is 9.75. The van der Waals surface area contributed by atoms with Crippen molar-refractivity contribution in [1.29, 1.82) is 0 Å². The number of hydrogen-bond donors (Lipinski definition) is 1. The molecule has 3 atom stereocenters. The van der Waals surface area contributed by atoms with Crippen molar-refractivity contribution in [2.75, 3.05) is 13.2 Å².